The van der Waals surface area contributed by atoms with E-state index in [1.165, 1.54) is 11.1 Å². The van der Waals surface area contributed by atoms with Gasteiger partial charge in [-0.3, -0.25) is 4.79 Å². The highest BCUT2D eigenvalue weighted by molar-refractivity contribution is 6.31. The quantitative estimate of drug-likeness (QED) is 0.604. The van der Waals surface area contributed by atoms with Crippen molar-refractivity contribution in [3.8, 4) is 11.4 Å². The van der Waals surface area contributed by atoms with Gasteiger partial charge in [-0.1, -0.05) is 11.6 Å². The molecule has 3 aromatic heterocycles. The molecular formula is C18H15ClF4N6O. The first-order chi connectivity index (χ1) is 14.2. The number of carbonyl (C=O) groups excluding carboxylic acids is 1. The average molecular weight is 443 g/mol. The standard InChI is InChI=1S/C18H15ClF4N6O/c19-9-4-10-11(6-25-14(10)24-5-9)15-26-7-12(20)16(28-15)29-3-1-2-13(29)17(30)27-8-18(21,22)23/h4-7,13H,1-3,8H2,(H,24,25)(H,27,30)/t13-/m1/s1. The van der Waals surface area contributed by atoms with Crippen molar-refractivity contribution in [2.75, 3.05) is 18.0 Å². The average Bonchev–Trinajstić information content (AvgIpc) is 3.33. The third kappa shape index (κ3) is 4.02. The maximum absolute atomic E-state index is 14.5. The monoisotopic (exact) mass is 442 g/mol. The fourth-order valence-electron chi connectivity index (χ4n) is 3.45. The van der Waals surface area contributed by atoms with Crippen molar-refractivity contribution in [1.29, 1.82) is 0 Å². The number of hydrogen-bond donors (Lipinski definition) is 2. The summed E-state index contributed by atoms with van der Waals surface area (Å²) in [5.74, 6) is -1.57. The number of nitrogens with zero attached hydrogens (tertiary/aromatic N) is 4. The van der Waals surface area contributed by atoms with Gasteiger partial charge in [0.15, 0.2) is 17.5 Å². The number of rotatable bonds is 4. The molecule has 12 heteroatoms. The summed E-state index contributed by atoms with van der Waals surface area (Å²) in [6, 6.07) is 0.703. The van der Waals surface area contributed by atoms with Crippen LogP contribution < -0.4 is 10.2 Å². The molecule has 1 aliphatic heterocycles. The minimum Gasteiger partial charge on any atom is -0.345 e. The second-order valence-corrected chi connectivity index (χ2v) is 7.24. The molecular weight excluding hydrogens is 428 g/mol. The Bertz CT molecular complexity index is 1100. The molecule has 7 nitrogen and oxygen atoms in total. The Kier molecular flexibility index (Phi) is 5.22. The van der Waals surface area contributed by atoms with Crippen molar-refractivity contribution in [2.24, 2.45) is 0 Å². The van der Waals surface area contributed by atoms with Crippen molar-refractivity contribution in [3.05, 3.63) is 35.5 Å². The minimum absolute atomic E-state index is 0.144. The van der Waals surface area contributed by atoms with E-state index in [0.29, 0.717) is 28.0 Å². The van der Waals surface area contributed by atoms with Gasteiger partial charge >= 0.3 is 6.18 Å². The Morgan fingerprint density at radius 3 is 2.90 bits per heavy atom. The fourth-order valence-corrected chi connectivity index (χ4v) is 3.61. The van der Waals surface area contributed by atoms with Gasteiger partial charge in [-0.05, 0) is 18.9 Å². The number of nitrogens with one attached hydrogen (secondary N) is 2. The van der Waals surface area contributed by atoms with Crippen LogP contribution in [0.25, 0.3) is 22.4 Å². The Hall–Kier alpha value is -2.95. The molecule has 3 aromatic rings. The third-order valence-corrected chi connectivity index (χ3v) is 4.96. The lowest BCUT2D eigenvalue weighted by atomic mass is 10.2. The summed E-state index contributed by atoms with van der Waals surface area (Å²) >= 11 is 6.00. The van der Waals surface area contributed by atoms with E-state index in [1.807, 2.05) is 5.32 Å². The van der Waals surface area contributed by atoms with Crippen LogP contribution in [0.4, 0.5) is 23.4 Å². The molecule has 0 unspecified atom stereocenters. The minimum atomic E-state index is -4.53. The van der Waals surface area contributed by atoms with Crippen molar-refractivity contribution in [2.45, 2.75) is 25.1 Å². The number of amides is 1. The fraction of sp³-hybridized carbons (Fsp3) is 0.333. The van der Waals surface area contributed by atoms with E-state index >= 15 is 0 Å². The van der Waals surface area contributed by atoms with Crippen molar-refractivity contribution >= 4 is 34.4 Å². The van der Waals surface area contributed by atoms with Crippen molar-refractivity contribution in [1.82, 2.24) is 25.3 Å². The van der Waals surface area contributed by atoms with Crippen LogP contribution in [0.5, 0.6) is 0 Å². The van der Waals surface area contributed by atoms with Crippen LogP contribution >= 0.6 is 11.6 Å². The molecule has 0 radical (unpaired) electrons. The van der Waals surface area contributed by atoms with Gasteiger partial charge in [-0.2, -0.15) is 13.2 Å². The molecule has 1 saturated heterocycles. The molecule has 4 heterocycles. The van der Waals surface area contributed by atoms with Gasteiger partial charge < -0.3 is 15.2 Å². The molecule has 30 heavy (non-hydrogen) atoms. The summed E-state index contributed by atoms with van der Waals surface area (Å²) in [5.41, 5.74) is 1.06. The van der Waals surface area contributed by atoms with E-state index in [4.69, 9.17) is 11.6 Å². The summed E-state index contributed by atoms with van der Waals surface area (Å²) in [7, 11) is 0. The number of halogens is 5. The van der Waals surface area contributed by atoms with E-state index in [2.05, 4.69) is 19.9 Å². The predicted molar refractivity (Wildman–Crippen MR) is 102 cm³/mol. The van der Waals surface area contributed by atoms with Gasteiger partial charge in [0.1, 0.15) is 18.2 Å². The molecule has 4 rings (SSSR count). The summed E-state index contributed by atoms with van der Waals surface area (Å²) in [6.45, 7) is -1.17. The van der Waals surface area contributed by atoms with Crippen LogP contribution in [0.2, 0.25) is 5.02 Å². The molecule has 1 atom stereocenters. The number of hydrogen-bond acceptors (Lipinski definition) is 5. The largest absolute Gasteiger partial charge is 0.405 e. The number of aromatic nitrogens is 4. The van der Waals surface area contributed by atoms with E-state index in [1.54, 1.807) is 12.3 Å². The van der Waals surface area contributed by atoms with Crippen LogP contribution in [0.1, 0.15) is 12.8 Å². The van der Waals surface area contributed by atoms with Gasteiger partial charge in [0, 0.05) is 29.9 Å². The number of alkyl halides is 3. The van der Waals surface area contributed by atoms with E-state index in [0.717, 1.165) is 6.20 Å². The maximum atomic E-state index is 14.5. The van der Waals surface area contributed by atoms with Crippen LogP contribution in [0.3, 0.4) is 0 Å². The lowest BCUT2D eigenvalue weighted by Crippen LogP contribution is -2.46. The zero-order valence-corrected chi connectivity index (χ0v) is 16.1. The van der Waals surface area contributed by atoms with Crippen LogP contribution in [-0.2, 0) is 4.79 Å². The summed E-state index contributed by atoms with van der Waals surface area (Å²) in [5, 5.41) is 2.88. The topological polar surface area (TPSA) is 86.8 Å². The number of carbonyl (C=O) groups is 1. The molecule has 0 saturated carbocycles. The van der Waals surface area contributed by atoms with Gasteiger partial charge in [-0.15, -0.1) is 0 Å². The van der Waals surface area contributed by atoms with Gasteiger partial charge in [0.05, 0.1) is 11.2 Å². The van der Waals surface area contributed by atoms with E-state index < -0.39 is 30.5 Å². The smallest absolute Gasteiger partial charge is 0.345 e. The Balaban J connectivity index is 1.66. The molecule has 0 aliphatic carbocycles. The van der Waals surface area contributed by atoms with E-state index in [9.17, 15) is 22.4 Å². The van der Waals surface area contributed by atoms with Gasteiger partial charge in [-0.25, -0.2) is 19.3 Å². The number of fused-ring (bicyclic) bond motifs is 1. The highest BCUT2D eigenvalue weighted by Crippen LogP contribution is 2.31. The summed E-state index contributed by atoms with van der Waals surface area (Å²) in [4.78, 5) is 29.0. The van der Waals surface area contributed by atoms with Gasteiger partial charge in [0.2, 0.25) is 5.91 Å². The van der Waals surface area contributed by atoms with E-state index in [-0.39, 0.29) is 24.6 Å². The summed E-state index contributed by atoms with van der Waals surface area (Å²) in [6.07, 6.45) is 0.303. The first-order valence-corrected chi connectivity index (χ1v) is 9.37. The first-order valence-electron chi connectivity index (χ1n) is 8.99. The van der Waals surface area contributed by atoms with Crippen LogP contribution in [-0.4, -0.2) is 51.2 Å². The normalized spacial score (nSPS) is 17.0. The molecule has 2 N–H and O–H groups in total. The molecule has 1 fully saturated rings. The second-order valence-electron chi connectivity index (χ2n) is 6.80. The maximum Gasteiger partial charge on any atom is 0.405 e. The lowest BCUT2D eigenvalue weighted by Gasteiger charge is -2.25. The predicted octanol–water partition coefficient (Wildman–Crippen LogP) is 3.46. The molecule has 0 spiro atoms. The zero-order valence-electron chi connectivity index (χ0n) is 15.3. The summed E-state index contributed by atoms with van der Waals surface area (Å²) < 4.78 is 51.8. The number of anilines is 1. The number of pyridine rings is 1. The van der Waals surface area contributed by atoms with Crippen LogP contribution in [0.15, 0.2) is 24.7 Å². The molecule has 1 amide bonds. The first kappa shape index (κ1) is 20.3. The van der Waals surface area contributed by atoms with Crippen molar-refractivity contribution in [3.63, 3.8) is 0 Å². The Morgan fingerprint density at radius 1 is 1.33 bits per heavy atom. The Labute approximate surface area is 172 Å². The SMILES string of the molecule is O=C(NCC(F)(F)F)[C@H]1CCCN1c1nc(-c2c[nH]c3ncc(Cl)cc23)ncc1F. The molecule has 0 aromatic carbocycles. The molecule has 1 aliphatic rings. The second kappa shape index (κ2) is 7.71. The van der Waals surface area contributed by atoms with Gasteiger partial charge in [0.25, 0.3) is 0 Å². The van der Waals surface area contributed by atoms with Crippen molar-refractivity contribution < 1.29 is 22.4 Å². The molecule has 0 bridgehead atoms. The number of H-pyrrole nitrogens is 1. The number of aromatic amines is 1. The highest BCUT2D eigenvalue weighted by Gasteiger charge is 2.36. The van der Waals surface area contributed by atoms with Crippen LogP contribution in [0, 0.1) is 5.82 Å². The lowest BCUT2D eigenvalue weighted by molar-refractivity contribution is -0.139. The third-order valence-electron chi connectivity index (χ3n) is 4.75. The molecule has 158 valence electrons. The Morgan fingerprint density at radius 2 is 2.13 bits per heavy atom. The highest BCUT2D eigenvalue weighted by atomic mass is 35.5. The zero-order chi connectivity index (χ0) is 21.5.